The van der Waals surface area contributed by atoms with Gasteiger partial charge in [-0.25, -0.2) is 4.79 Å². The minimum absolute atomic E-state index is 0.185. The molecule has 0 unspecified atom stereocenters. The Morgan fingerprint density at radius 2 is 2.30 bits per heavy atom. The Morgan fingerprint density at radius 1 is 1.70 bits per heavy atom. The molecule has 0 saturated carbocycles. The maximum absolute atomic E-state index is 10.3. The van der Waals surface area contributed by atoms with E-state index in [0.29, 0.717) is 6.42 Å². The number of carboxylic acids is 1. The van der Waals surface area contributed by atoms with Gasteiger partial charge < -0.3 is 5.11 Å². The van der Waals surface area contributed by atoms with Crippen molar-refractivity contribution in [2.24, 2.45) is 0 Å². The van der Waals surface area contributed by atoms with Gasteiger partial charge in [0.2, 0.25) is 0 Å². The van der Waals surface area contributed by atoms with Crippen LogP contribution in [0.3, 0.4) is 0 Å². The molecular weight excluding hydrogens is 128 g/mol. The maximum atomic E-state index is 10.3. The summed E-state index contributed by atoms with van der Waals surface area (Å²) < 4.78 is 0. The van der Waals surface area contributed by atoms with Crippen LogP contribution in [0.25, 0.3) is 0 Å². The van der Waals surface area contributed by atoms with E-state index in [1.54, 1.807) is 13.0 Å². The van der Waals surface area contributed by atoms with E-state index in [0.717, 1.165) is 0 Å². The van der Waals surface area contributed by atoms with Gasteiger partial charge in [0.1, 0.15) is 5.57 Å². The van der Waals surface area contributed by atoms with Gasteiger partial charge in [0, 0.05) is 0 Å². The Labute approximate surface area is 60.6 Å². The lowest BCUT2D eigenvalue weighted by atomic mass is 10.2. The smallest absolute Gasteiger partial charge is 0.343 e. The van der Waals surface area contributed by atoms with Gasteiger partial charge in [-0.2, -0.15) is 0 Å². The van der Waals surface area contributed by atoms with E-state index in [9.17, 15) is 4.79 Å². The van der Waals surface area contributed by atoms with Crippen molar-refractivity contribution < 1.29 is 9.90 Å². The molecule has 0 aromatic rings. The average molecular weight is 138 g/mol. The van der Waals surface area contributed by atoms with Gasteiger partial charge in [0.15, 0.2) is 0 Å². The monoisotopic (exact) mass is 138 g/mol. The van der Waals surface area contributed by atoms with Gasteiger partial charge in [-0.3, -0.25) is 0 Å². The number of carboxylic acid groups (broad SMARTS) is 1. The first-order chi connectivity index (χ1) is 4.72. The van der Waals surface area contributed by atoms with Crippen molar-refractivity contribution in [3.8, 4) is 11.8 Å². The Bertz CT molecular complexity index is 203. The molecule has 0 aliphatic rings. The molecule has 0 amide bonds. The molecule has 1 N–H and O–H groups in total. The fourth-order valence-electron chi connectivity index (χ4n) is 0.531. The van der Waals surface area contributed by atoms with Crippen LogP contribution in [0.2, 0.25) is 0 Å². The van der Waals surface area contributed by atoms with Gasteiger partial charge in [0.25, 0.3) is 0 Å². The van der Waals surface area contributed by atoms with Gasteiger partial charge in [-0.1, -0.05) is 18.9 Å². The van der Waals surface area contributed by atoms with E-state index in [4.69, 9.17) is 5.11 Å². The molecule has 0 spiro atoms. The van der Waals surface area contributed by atoms with Crippen LogP contribution in [0.4, 0.5) is 0 Å². The third kappa shape index (κ3) is 2.93. The van der Waals surface area contributed by atoms with Gasteiger partial charge in [-0.15, -0.1) is 5.92 Å². The van der Waals surface area contributed by atoms with Gasteiger partial charge >= 0.3 is 5.97 Å². The molecule has 54 valence electrons. The minimum atomic E-state index is -0.948. The van der Waals surface area contributed by atoms with E-state index >= 15 is 0 Å². The van der Waals surface area contributed by atoms with Crippen LogP contribution in [0.15, 0.2) is 11.6 Å². The Hall–Kier alpha value is -1.23. The molecule has 0 aliphatic carbocycles. The lowest BCUT2D eigenvalue weighted by Gasteiger charge is -1.87. The first kappa shape index (κ1) is 8.77. The Morgan fingerprint density at radius 3 is 2.60 bits per heavy atom. The van der Waals surface area contributed by atoms with Crippen LogP contribution < -0.4 is 0 Å². The number of hydrogen-bond donors (Lipinski definition) is 1. The Balaban J connectivity index is 4.37. The summed E-state index contributed by atoms with van der Waals surface area (Å²) in [5.41, 5.74) is 0.185. The molecule has 0 rings (SSSR count). The summed E-state index contributed by atoms with van der Waals surface area (Å²) >= 11 is 0. The predicted octanol–water partition coefficient (Wildman–Crippen LogP) is 1.43. The molecule has 0 radical (unpaired) electrons. The minimum Gasteiger partial charge on any atom is -0.477 e. The van der Waals surface area contributed by atoms with Crippen molar-refractivity contribution in [1.82, 2.24) is 0 Å². The zero-order valence-electron chi connectivity index (χ0n) is 6.14. The number of allylic oxidation sites excluding steroid dienone is 1. The molecule has 0 aromatic heterocycles. The normalized spacial score (nSPS) is 10.0. The quantitative estimate of drug-likeness (QED) is 0.463. The van der Waals surface area contributed by atoms with Crippen LogP contribution in [0, 0.1) is 11.8 Å². The fraction of sp³-hybridized carbons (Fsp3) is 0.375. The van der Waals surface area contributed by atoms with E-state index in [1.165, 1.54) is 0 Å². The topological polar surface area (TPSA) is 37.3 Å². The van der Waals surface area contributed by atoms with Crippen LogP contribution in [-0.4, -0.2) is 11.1 Å². The standard InChI is InChI=1S/C8H10O2/c1-3-5-7(6-4-2)8(9)10/h5H,3H2,1-2H3,(H,9,10). The maximum Gasteiger partial charge on any atom is 0.343 e. The second-order valence-corrected chi connectivity index (χ2v) is 1.71. The molecule has 2 heteroatoms. The second kappa shape index (κ2) is 4.63. The van der Waals surface area contributed by atoms with Crippen molar-refractivity contribution in [1.29, 1.82) is 0 Å². The highest BCUT2D eigenvalue weighted by Crippen LogP contribution is 1.93. The summed E-state index contributed by atoms with van der Waals surface area (Å²) in [5.74, 6) is 4.08. The van der Waals surface area contributed by atoms with Gasteiger partial charge in [0.05, 0.1) is 0 Å². The van der Waals surface area contributed by atoms with Crippen molar-refractivity contribution in [2.45, 2.75) is 20.3 Å². The lowest BCUT2D eigenvalue weighted by Crippen LogP contribution is -1.97. The van der Waals surface area contributed by atoms with Crippen molar-refractivity contribution in [3.05, 3.63) is 11.6 Å². The van der Waals surface area contributed by atoms with Crippen molar-refractivity contribution >= 4 is 5.97 Å². The first-order valence-corrected chi connectivity index (χ1v) is 3.08. The molecule has 10 heavy (non-hydrogen) atoms. The summed E-state index contributed by atoms with van der Waals surface area (Å²) in [6.07, 6.45) is 2.30. The Kier molecular flexibility index (Phi) is 4.06. The molecule has 0 aliphatic heterocycles. The van der Waals surface area contributed by atoms with E-state index in [2.05, 4.69) is 11.8 Å². The van der Waals surface area contributed by atoms with E-state index in [1.807, 2.05) is 6.92 Å². The molecule has 0 saturated heterocycles. The average Bonchev–Trinajstić information content (AvgIpc) is 1.87. The summed E-state index contributed by atoms with van der Waals surface area (Å²) in [6.45, 7) is 3.49. The molecule has 0 heterocycles. The summed E-state index contributed by atoms with van der Waals surface area (Å²) in [6, 6.07) is 0. The van der Waals surface area contributed by atoms with Crippen LogP contribution in [-0.2, 0) is 4.79 Å². The SMILES string of the molecule is CC#CC(=CCC)C(=O)O. The highest BCUT2D eigenvalue weighted by molar-refractivity contribution is 5.91. The predicted molar refractivity (Wildman–Crippen MR) is 39.5 cm³/mol. The van der Waals surface area contributed by atoms with Crippen LogP contribution in [0.5, 0.6) is 0 Å². The highest BCUT2D eigenvalue weighted by atomic mass is 16.4. The van der Waals surface area contributed by atoms with Crippen LogP contribution >= 0.6 is 0 Å². The summed E-state index contributed by atoms with van der Waals surface area (Å²) in [5, 5.41) is 8.46. The van der Waals surface area contributed by atoms with Crippen LogP contribution in [0.1, 0.15) is 20.3 Å². The summed E-state index contributed by atoms with van der Waals surface area (Å²) in [4.78, 5) is 10.3. The third-order valence-electron chi connectivity index (χ3n) is 0.898. The number of carbonyl (C=O) groups is 1. The molecular formula is C8H10O2. The third-order valence-corrected chi connectivity index (χ3v) is 0.898. The fourth-order valence-corrected chi connectivity index (χ4v) is 0.531. The zero-order valence-corrected chi connectivity index (χ0v) is 6.14. The molecule has 0 atom stereocenters. The second-order valence-electron chi connectivity index (χ2n) is 1.71. The molecule has 0 bridgehead atoms. The molecule has 0 fully saturated rings. The lowest BCUT2D eigenvalue weighted by molar-refractivity contribution is -0.132. The first-order valence-electron chi connectivity index (χ1n) is 3.08. The van der Waals surface area contributed by atoms with Gasteiger partial charge in [-0.05, 0) is 13.3 Å². The number of aliphatic carboxylic acids is 1. The molecule has 0 aromatic carbocycles. The zero-order chi connectivity index (χ0) is 7.98. The highest BCUT2D eigenvalue weighted by Gasteiger charge is 1.99. The van der Waals surface area contributed by atoms with Crippen molar-refractivity contribution in [3.63, 3.8) is 0 Å². The van der Waals surface area contributed by atoms with E-state index < -0.39 is 5.97 Å². The molecule has 2 nitrogen and oxygen atoms in total. The summed E-state index contributed by atoms with van der Waals surface area (Å²) in [7, 11) is 0. The largest absolute Gasteiger partial charge is 0.477 e. The van der Waals surface area contributed by atoms with E-state index in [-0.39, 0.29) is 5.57 Å². The van der Waals surface area contributed by atoms with Crippen molar-refractivity contribution in [2.75, 3.05) is 0 Å². The number of hydrogen-bond acceptors (Lipinski definition) is 1. The number of rotatable bonds is 2.